The number of thiophene rings is 1. The van der Waals surface area contributed by atoms with Crippen molar-refractivity contribution in [3.05, 3.63) is 49.0 Å². The molecule has 0 bridgehead atoms. The van der Waals surface area contributed by atoms with Gasteiger partial charge in [-0.05, 0) is 62.0 Å². The Morgan fingerprint density at radius 3 is 2.47 bits per heavy atom. The number of benzene rings is 1. The third-order valence-electron chi connectivity index (χ3n) is 2.65. The van der Waals surface area contributed by atoms with Crippen LogP contribution < -0.4 is 5.32 Å². The smallest absolute Gasteiger partial charge is 0.257 e. The highest BCUT2D eigenvalue weighted by atomic mass is 79.9. The number of amides is 1. The van der Waals surface area contributed by atoms with Gasteiger partial charge in [0.05, 0.1) is 13.1 Å². The van der Waals surface area contributed by atoms with Crippen molar-refractivity contribution in [1.82, 2.24) is 0 Å². The molecule has 1 heterocycles. The molecule has 100 valence electrons. The predicted octanol–water partition coefficient (Wildman–Crippen LogP) is 5.48. The zero-order chi connectivity index (χ0) is 13.8. The summed E-state index contributed by atoms with van der Waals surface area (Å²) >= 11 is 8.25. The monoisotopic (exact) mass is 401 g/mol. The highest BCUT2D eigenvalue weighted by Gasteiger charge is 2.13. The summed E-state index contributed by atoms with van der Waals surface area (Å²) in [4.78, 5) is 12.1. The van der Waals surface area contributed by atoms with E-state index in [1.54, 1.807) is 0 Å². The van der Waals surface area contributed by atoms with E-state index in [9.17, 15) is 4.79 Å². The summed E-state index contributed by atoms with van der Waals surface area (Å²) in [6.45, 7) is 2.15. The molecule has 1 aromatic carbocycles. The fourth-order valence-corrected chi connectivity index (χ4v) is 4.53. The van der Waals surface area contributed by atoms with Crippen LogP contribution in [0.4, 0.5) is 5.69 Å². The molecular weight excluding hydrogens is 390 g/mol. The molecule has 1 N–H and O–H groups in total. The molecule has 0 fully saturated rings. The van der Waals surface area contributed by atoms with E-state index in [1.165, 1.54) is 16.9 Å². The molecule has 1 amide bonds. The van der Waals surface area contributed by atoms with Gasteiger partial charge in [0.25, 0.3) is 5.91 Å². The highest BCUT2D eigenvalue weighted by Crippen LogP contribution is 2.32. The first kappa shape index (κ1) is 14.8. The van der Waals surface area contributed by atoms with Crippen molar-refractivity contribution in [2.24, 2.45) is 0 Å². The number of carbonyl (C=O) groups excluding carboxylic acids is 1. The van der Waals surface area contributed by atoms with Gasteiger partial charge in [-0.2, -0.15) is 0 Å². The fourth-order valence-electron chi connectivity index (χ4n) is 1.74. The summed E-state index contributed by atoms with van der Waals surface area (Å²) in [6.07, 6.45) is 2.19. The maximum absolute atomic E-state index is 12.1. The number of hydrogen-bond donors (Lipinski definition) is 1. The zero-order valence-corrected chi connectivity index (χ0v) is 14.4. The van der Waals surface area contributed by atoms with Crippen molar-refractivity contribution in [3.8, 4) is 0 Å². The number of anilines is 1. The second-order valence-corrected chi connectivity index (χ2v) is 7.89. The van der Waals surface area contributed by atoms with E-state index >= 15 is 0 Å². The van der Waals surface area contributed by atoms with Gasteiger partial charge in [-0.3, -0.25) is 4.79 Å². The summed E-state index contributed by atoms with van der Waals surface area (Å²) < 4.78 is 1.77. The summed E-state index contributed by atoms with van der Waals surface area (Å²) in [6, 6.07) is 9.81. The average Bonchev–Trinajstić information content (AvgIpc) is 2.71. The quantitative estimate of drug-likeness (QED) is 0.720. The molecule has 2 aromatic rings. The van der Waals surface area contributed by atoms with Crippen LogP contribution in [0.1, 0.15) is 29.3 Å². The Balaban J connectivity index is 2.08. The van der Waals surface area contributed by atoms with Gasteiger partial charge in [0.15, 0.2) is 0 Å². The lowest BCUT2D eigenvalue weighted by atomic mass is 10.1. The molecule has 0 aliphatic carbocycles. The molecule has 0 radical (unpaired) electrons. The molecule has 1 aromatic heterocycles. The lowest BCUT2D eigenvalue weighted by Crippen LogP contribution is -2.11. The molecule has 0 unspecified atom stereocenters. The molecular formula is C14H13Br2NOS. The summed E-state index contributed by atoms with van der Waals surface area (Å²) in [5, 5.41) is 2.90. The topological polar surface area (TPSA) is 29.1 Å². The second kappa shape index (κ2) is 6.68. The Bertz CT molecular complexity index is 578. The number of nitrogens with one attached hydrogen (secondary N) is 1. The van der Waals surface area contributed by atoms with Gasteiger partial charge in [0.2, 0.25) is 0 Å². The minimum Gasteiger partial charge on any atom is -0.322 e. The van der Waals surface area contributed by atoms with Crippen LogP contribution in [0.2, 0.25) is 0 Å². The summed E-state index contributed by atoms with van der Waals surface area (Å²) in [7, 11) is 0. The first-order chi connectivity index (χ1) is 9.10. The maximum atomic E-state index is 12.1. The molecule has 0 saturated carbocycles. The fraction of sp³-hybridized carbons (Fsp3) is 0.214. The number of rotatable bonds is 4. The molecule has 0 atom stereocenters. The normalized spacial score (nSPS) is 10.5. The van der Waals surface area contributed by atoms with Gasteiger partial charge < -0.3 is 5.32 Å². The molecule has 19 heavy (non-hydrogen) atoms. The van der Waals surface area contributed by atoms with E-state index in [0.717, 1.165) is 26.1 Å². The van der Waals surface area contributed by atoms with Gasteiger partial charge >= 0.3 is 0 Å². The van der Waals surface area contributed by atoms with Crippen molar-refractivity contribution >= 4 is 54.8 Å². The van der Waals surface area contributed by atoms with Crippen LogP contribution in [0, 0.1) is 0 Å². The van der Waals surface area contributed by atoms with Crippen molar-refractivity contribution in [2.75, 3.05) is 5.32 Å². The van der Waals surface area contributed by atoms with Gasteiger partial charge in [0.1, 0.15) is 0 Å². The largest absolute Gasteiger partial charge is 0.322 e. The SMILES string of the molecule is CCCc1ccc(NC(=O)c2cc(Br)sc2Br)cc1. The summed E-state index contributed by atoms with van der Waals surface area (Å²) in [5.74, 6) is -0.0999. The van der Waals surface area contributed by atoms with Crippen LogP contribution in [-0.4, -0.2) is 5.91 Å². The van der Waals surface area contributed by atoms with E-state index in [1.807, 2.05) is 18.2 Å². The van der Waals surface area contributed by atoms with Crippen LogP contribution in [0.3, 0.4) is 0 Å². The highest BCUT2D eigenvalue weighted by molar-refractivity contribution is 9.12. The molecule has 0 spiro atoms. The number of aryl methyl sites for hydroxylation is 1. The molecule has 0 saturated heterocycles. The standard InChI is InChI=1S/C14H13Br2NOS/c1-2-3-9-4-6-10(7-5-9)17-14(18)11-8-12(15)19-13(11)16/h4-8H,2-3H2,1H3,(H,17,18). The Morgan fingerprint density at radius 1 is 1.26 bits per heavy atom. The van der Waals surface area contributed by atoms with E-state index in [4.69, 9.17) is 0 Å². The van der Waals surface area contributed by atoms with Gasteiger partial charge in [-0.25, -0.2) is 0 Å². The Morgan fingerprint density at radius 2 is 1.95 bits per heavy atom. The van der Waals surface area contributed by atoms with E-state index < -0.39 is 0 Å². The average molecular weight is 403 g/mol. The van der Waals surface area contributed by atoms with Gasteiger partial charge in [0, 0.05) is 5.69 Å². The Kier molecular flexibility index (Phi) is 5.19. The Labute approximate surface area is 133 Å². The van der Waals surface area contributed by atoms with E-state index in [2.05, 4.69) is 56.2 Å². The third-order valence-corrected chi connectivity index (χ3v) is 4.99. The molecule has 0 aliphatic rings. The molecule has 2 rings (SSSR count). The Hall–Kier alpha value is -0.650. The van der Waals surface area contributed by atoms with Gasteiger partial charge in [-0.15, -0.1) is 11.3 Å². The minimum atomic E-state index is -0.0999. The van der Waals surface area contributed by atoms with Crippen molar-refractivity contribution in [1.29, 1.82) is 0 Å². The zero-order valence-electron chi connectivity index (χ0n) is 10.4. The molecule has 5 heteroatoms. The van der Waals surface area contributed by atoms with Crippen molar-refractivity contribution in [2.45, 2.75) is 19.8 Å². The van der Waals surface area contributed by atoms with Gasteiger partial charge in [-0.1, -0.05) is 25.5 Å². The lowest BCUT2D eigenvalue weighted by Gasteiger charge is -2.05. The number of carbonyl (C=O) groups is 1. The van der Waals surface area contributed by atoms with Crippen LogP contribution in [0.15, 0.2) is 37.9 Å². The molecule has 0 aliphatic heterocycles. The van der Waals surface area contributed by atoms with Crippen LogP contribution >= 0.6 is 43.2 Å². The first-order valence-electron chi connectivity index (χ1n) is 5.95. The predicted molar refractivity (Wildman–Crippen MR) is 88.1 cm³/mol. The van der Waals surface area contributed by atoms with Crippen molar-refractivity contribution in [3.63, 3.8) is 0 Å². The lowest BCUT2D eigenvalue weighted by molar-refractivity contribution is 0.102. The second-order valence-electron chi connectivity index (χ2n) is 4.14. The van der Waals surface area contributed by atoms with E-state index in [-0.39, 0.29) is 5.91 Å². The number of hydrogen-bond acceptors (Lipinski definition) is 2. The number of halogens is 2. The molecule has 2 nitrogen and oxygen atoms in total. The van der Waals surface area contributed by atoms with E-state index in [0.29, 0.717) is 5.56 Å². The minimum absolute atomic E-state index is 0.0999. The third kappa shape index (κ3) is 3.91. The van der Waals surface area contributed by atoms with Crippen LogP contribution in [-0.2, 0) is 6.42 Å². The summed E-state index contributed by atoms with van der Waals surface area (Å²) in [5.41, 5.74) is 2.76. The maximum Gasteiger partial charge on any atom is 0.257 e. The van der Waals surface area contributed by atoms with Crippen LogP contribution in [0.5, 0.6) is 0 Å². The van der Waals surface area contributed by atoms with Crippen LogP contribution in [0.25, 0.3) is 0 Å². The van der Waals surface area contributed by atoms with Crippen molar-refractivity contribution < 1.29 is 4.79 Å². The first-order valence-corrected chi connectivity index (χ1v) is 8.35.